The molecule has 0 aliphatic rings. The molecule has 0 bridgehead atoms. The van der Waals surface area contributed by atoms with Crippen molar-refractivity contribution in [2.45, 2.75) is 52.1 Å². The Morgan fingerprint density at radius 3 is 2.38 bits per heavy atom. The van der Waals surface area contributed by atoms with E-state index in [1.807, 2.05) is 13.0 Å². The molecule has 0 amide bonds. The molecule has 0 saturated heterocycles. The monoisotopic (exact) mass is 292 g/mol. The van der Waals surface area contributed by atoms with Gasteiger partial charge < -0.3 is 9.47 Å². The second kappa shape index (κ2) is 9.97. The number of ether oxygens (including phenoxy) is 2. The fourth-order valence-corrected chi connectivity index (χ4v) is 1.88. The molecule has 21 heavy (non-hydrogen) atoms. The van der Waals surface area contributed by atoms with Crippen LogP contribution >= 0.6 is 0 Å². The average Bonchev–Trinajstić information content (AvgIpc) is 2.51. The second-order valence-electron chi connectivity index (χ2n) is 4.92. The molecule has 0 saturated carbocycles. The van der Waals surface area contributed by atoms with Gasteiger partial charge in [0.2, 0.25) is 0 Å². The van der Waals surface area contributed by atoms with Crippen molar-refractivity contribution in [1.82, 2.24) is 0 Å². The van der Waals surface area contributed by atoms with E-state index in [0.29, 0.717) is 18.6 Å². The van der Waals surface area contributed by atoms with E-state index in [4.69, 9.17) is 9.47 Å². The molecule has 0 aliphatic carbocycles. The summed E-state index contributed by atoms with van der Waals surface area (Å²) in [7, 11) is 0. The van der Waals surface area contributed by atoms with Gasteiger partial charge in [0.05, 0.1) is 12.2 Å². The molecule has 1 aromatic rings. The van der Waals surface area contributed by atoms with E-state index in [0.717, 1.165) is 25.7 Å². The van der Waals surface area contributed by atoms with Crippen molar-refractivity contribution in [3.63, 3.8) is 0 Å². The predicted octanol–water partition coefficient (Wildman–Crippen LogP) is 3.75. The molecule has 4 nitrogen and oxygen atoms in total. The lowest BCUT2D eigenvalue weighted by molar-refractivity contribution is -0.154. The Labute approximate surface area is 126 Å². The highest BCUT2D eigenvalue weighted by Crippen LogP contribution is 2.10. The average molecular weight is 292 g/mol. The van der Waals surface area contributed by atoms with Crippen LogP contribution in [0.5, 0.6) is 0 Å². The minimum Gasteiger partial charge on any atom is -0.463 e. The van der Waals surface area contributed by atoms with Crippen molar-refractivity contribution in [1.29, 1.82) is 0 Å². The summed E-state index contributed by atoms with van der Waals surface area (Å²) in [4.78, 5) is 23.9. The molecule has 1 aromatic carbocycles. The SMILES string of the molecule is CCCCCOC(=O)C(CCC)OC(=O)c1ccccc1. The normalized spacial score (nSPS) is 11.7. The number of carbonyl (C=O) groups excluding carboxylic acids is 2. The summed E-state index contributed by atoms with van der Waals surface area (Å²) in [5.41, 5.74) is 0.442. The van der Waals surface area contributed by atoms with Crippen LogP contribution in [0.3, 0.4) is 0 Å². The molecule has 1 rings (SSSR count). The van der Waals surface area contributed by atoms with Gasteiger partial charge in [0.25, 0.3) is 0 Å². The summed E-state index contributed by atoms with van der Waals surface area (Å²) < 4.78 is 10.5. The first-order chi connectivity index (χ1) is 10.2. The van der Waals surface area contributed by atoms with E-state index in [9.17, 15) is 9.59 Å². The molecule has 0 radical (unpaired) electrons. The number of unbranched alkanes of at least 4 members (excludes halogenated alkanes) is 2. The standard InChI is InChI=1S/C17H24O4/c1-3-5-9-13-20-17(19)15(10-4-2)21-16(18)14-11-7-6-8-12-14/h6-8,11-12,15H,3-5,9-10,13H2,1-2H3. The van der Waals surface area contributed by atoms with Crippen LogP contribution in [0.15, 0.2) is 30.3 Å². The van der Waals surface area contributed by atoms with E-state index in [1.54, 1.807) is 24.3 Å². The lowest BCUT2D eigenvalue weighted by Crippen LogP contribution is -2.29. The van der Waals surface area contributed by atoms with E-state index in [1.165, 1.54) is 0 Å². The molecule has 1 atom stereocenters. The van der Waals surface area contributed by atoms with E-state index < -0.39 is 18.0 Å². The highest BCUT2D eigenvalue weighted by molar-refractivity contribution is 5.91. The minimum absolute atomic E-state index is 0.385. The fourth-order valence-electron chi connectivity index (χ4n) is 1.88. The fraction of sp³-hybridized carbons (Fsp3) is 0.529. The van der Waals surface area contributed by atoms with Gasteiger partial charge >= 0.3 is 11.9 Å². The van der Waals surface area contributed by atoms with Gasteiger partial charge in [-0.3, -0.25) is 0 Å². The molecule has 0 aromatic heterocycles. The van der Waals surface area contributed by atoms with Crippen molar-refractivity contribution in [2.75, 3.05) is 6.61 Å². The van der Waals surface area contributed by atoms with E-state index in [-0.39, 0.29) is 0 Å². The van der Waals surface area contributed by atoms with Gasteiger partial charge in [-0.15, -0.1) is 0 Å². The van der Waals surface area contributed by atoms with Crippen LogP contribution in [0.2, 0.25) is 0 Å². The van der Waals surface area contributed by atoms with Gasteiger partial charge in [-0.2, -0.15) is 0 Å². The third kappa shape index (κ3) is 6.43. The Hall–Kier alpha value is -1.84. The van der Waals surface area contributed by atoms with Crippen LogP contribution in [-0.2, 0) is 14.3 Å². The van der Waals surface area contributed by atoms with Crippen molar-refractivity contribution in [2.24, 2.45) is 0 Å². The molecule has 0 N–H and O–H groups in total. The first kappa shape index (κ1) is 17.2. The summed E-state index contributed by atoms with van der Waals surface area (Å²) in [6.45, 7) is 4.41. The molecule has 0 heterocycles. The molecule has 0 fully saturated rings. The quantitative estimate of drug-likeness (QED) is 0.514. The van der Waals surface area contributed by atoms with Gasteiger partial charge in [-0.25, -0.2) is 9.59 Å². The third-order valence-electron chi connectivity index (χ3n) is 3.06. The van der Waals surface area contributed by atoms with Crippen LogP contribution < -0.4 is 0 Å². The lowest BCUT2D eigenvalue weighted by atomic mass is 10.2. The largest absolute Gasteiger partial charge is 0.463 e. The highest BCUT2D eigenvalue weighted by Gasteiger charge is 2.24. The van der Waals surface area contributed by atoms with Gasteiger partial charge in [0, 0.05) is 0 Å². The number of hydrogen-bond acceptors (Lipinski definition) is 4. The van der Waals surface area contributed by atoms with Gasteiger partial charge in [0.1, 0.15) is 0 Å². The Balaban J connectivity index is 2.52. The highest BCUT2D eigenvalue weighted by atomic mass is 16.6. The number of hydrogen-bond donors (Lipinski definition) is 0. The number of esters is 2. The van der Waals surface area contributed by atoms with Crippen LogP contribution in [0.25, 0.3) is 0 Å². The van der Waals surface area contributed by atoms with Crippen LogP contribution in [0, 0.1) is 0 Å². The number of benzene rings is 1. The molecular formula is C17H24O4. The zero-order chi connectivity index (χ0) is 15.5. The molecule has 116 valence electrons. The molecular weight excluding hydrogens is 268 g/mol. The van der Waals surface area contributed by atoms with Crippen molar-refractivity contribution >= 4 is 11.9 Å². The topological polar surface area (TPSA) is 52.6 Å². The second-order valence-corrected chi connectivity index (χ2v) is 4.92. The van der Waals surface area contributed by atoms with Gasteiger partial charge in [-0.05, 0) is 25.0 Å². The summed E-state index contributed by atoms with van der Waals surface area (Å²) in [5.74, 6) is -0.934. The van der Waals surface area contributed by atoms with Crippen molar-refractivity contribution in [3.8, 4) is 0 Å². The minimum atomic E-state index is -0.815. The third-order valence-corrected chi connectivity index (χ3v) is 3.06. The summed E-state index contributed by atoms with van der Waals surface area (Å²) in [6, 6.07) is 8.67. The first-order valence-corrected chi connectivity index (χ1v) is 7.61. The Kier molecular flexibility index (Phi) is 8.17. The predicted molar refractivity (Wildman–Crippen MR) is 81.0 cm³/mol. The van der Waals surface area contributed by atoms with Crippen molar-refractivity contribution in [3.05, 3.63) is 35.9 Å². The summed E-state index contributed by atoms with van der Waals surface area (Å²) >= 11 is 0. The van der Waals surface area contributed by atoms with Crippen LogP contribution in [0.4, 0.5) is 0 Å². The first-order valence-electron chi connectivity index (χ1n) is 7.61. The Morgan fingerprint density at radius 1 is 1.05 bits per heavy atom. The maximum absolute atomic E-state index is 12.0. The van der Waals surface area contributed by atoms with Gasteiger partial charge in [0.15, 0.2) is 6.10 Å². The smallest absolute Gasteiger partial charge is 0.347 e. The molecule has 4 heteroatoms. The maximum Gasteiger partial charge on any atom is 0.347 e. The zero-order valence-corrected chi connectivity index (χ0v) is 12.8. The van der Waals surface area contributed by atoms with Crippen molar-refractivity contribution < 1.29 is 19.1 Å². The van der Waals surface area contributed by atoms with Crippen LogP contribution in [-0.4, -0.2) is 24.6 Å². The molecule has 0 aliphatic heterocycles. The van der Waals surface area contributed by atoms with Crippen LogP contribution in [0.1, 0.15) is 56.3 Å². The summed E-state index contributed by atoms with van der Waals surface area (Å²) in [5, 5.41) is 0. The zero-order valence-electron chi connectivity index (χ0n) is 12.8. The van der Waals surface area contributed by atoms with E-state index >= 15 is 0 Å². The maximum atomic E-state index is 12.0. The van der Waals surface area contributed by atoms with E-state index in [2.05, 4.69) is 6.92 Å². The van der Waals surface area contributed by atoms with Gasteiger partial charge in [-0.1, -0.05) is 51.3 Å². The Morgan fingerprint density at radius 2 is 1.76 bits per heavy atom. The molecule has 1 unspecified atom stereocenters. The summed E-state index contributed by atoms with van der Waals surface area (Å²) in [6.07, 6.45) is 3.34. The lowest BCUT2D eigenvalue weighted by Gasteiger charge is -2.16. The molecule has 0 spiro atoms. The number of rotatable bonds is 9. The Bertz CT molecular complexity index is 428. The number of carbonyl (C=O) groups is 2.